The molecule has 1 aliphatic rings. The molecule has 0 saturated heterocycles. The smallest absolute Gasteiger partial charge is 0.200 e. The first kappa shape index (κ1) is 51.2. The standard InChI is InChI=1S/C23H26ClFO2.C11H17N.C7H16.C4H10.C2H6/c1-13(2)21(26)20-11-15(4)22(27-20)17(23(5,6)7)10-14(3)16-8-9-18(24)19(25)12-16;1-10(2)8-11(9-12)6-4-3-5-7-11;1-5-6-7(2,3)4;1-3-4-2;1-2/h8-13H,3H2,1-2,4-7H3;1,3-8H2,2H3;5-6H2,1-4H3;3-4H2,1-2H3;1-2H3/b17-10+;;;;. The van der Waals surface area contributed by atoms with Crippen molar-refractivity contribution in [2.24, 2.45) is 22.2 Å². The molecular formula is C47H75ClFNO2. The van der Waals surface area contributed by atoms with Gasteiger partial charge in [0, 0.05) is 11.5 Å². The van der Waals surface area contributed by atoms with Crippen molar-refractivity contribution >= 4 is 28.5 Å². The first-order valence-corrected chi connectivity index (χ1v) is 20.0. The van der Waals surface area contributed by atoms with E-state index in [4.69, 9.17) is 21.3 Å². The number of Topliss-reactive ketones (excluding diaryl/α,β-unsaturated/α-hetero) is 1. The fraction of sp³-hybridized carbons (Fsp3) is 0.617. The maximum absolute atomic E-state index is 13.8. The fourth-order valence-corrected chi connectivity index (χ4v) is 5.73. The van der Waals surface area contributed by atoms with Crippen molar-refractivity contribution < 1.29 is 13.6 Å². The van der Waals surface area contributed by atoms with Crippen molar-refractivity contribution in [1.29, 1.82) is 5.26 Å². The summed E-state index contributed by atoms with van der Waals surface area (Å²) in [5, 5.41) is 9.17. The molecule has 0 bridgehead atoms. The van der Waals surface area contributed by atoms with Crippen LogP contribution in [0.5, 0.6) is 0 Å². The van der Waals surface area contributed by atoms with Gasteiger partial charge in [-0.25, -0.2) is 4.39 Å². The van der Waals surface area contributed by atoms with E-state index in [9.17, 15) is 9.18 Å². The predicted octanol–water partition coefficient (Wildman–Crippen LogP) is 16.5. The second-order valence-electron chi connectivity index (χ2n) is 16.5. The van der Waals surface area contributed by atoms with Crippen molar-refractivity contribution in [2.45, 2.75) is 168 Å². The lowest BCUT2D eigenvalue weighted by atomic mass is 9.72. The van der Waals surface area contributed by atoms with E-state index in [1.807, 2.05) is 47.6 Å². The molecular weight excluding hydrogens is 665 g/mol. The maximum Gasteiger partial charge on any atom is 0.200 e. The summed E-state index contributed by atoms with van der Waals surface area (Å²) in [7, 11) is 0. The summed E-state index contributed by atoms with van der Waals surface area (Å²) in [6.45, 7) is 39.2. The second kappa shape index (κ2) is 25.2. The SMILES string of the molecule is C=C(/C=C(\c1oc(C(=O)C(C)C)cc1C)C(C)(C)C)c1ccc(Cl)c(F)c1.C=C(C)CC1(C#N)CCCCC1.CC.CCCC.CCCC(C)(C)C. The van der Waals surface area contributed by atoms with Crippen LogP contribution in [0.3, 0.4) is 0 Å². The third-order valence-corrected chi connectivity index (χ3v) is 8.84. The Labute approximate surface area is 325 Å². The molecule has 1 aromatic carbocycles. The van der Waals surface area contributed by atoms with E-state index in [1.54, 1.807) is 12.1 Å². The lowest BCUT2D eigenvalue weighted by Gasteiger charge is -2.30. The van der Waals surface area contributed by atoms with Gasteiger partial charge in [0.25, 0.3) is 0 Å². The first-order chi connectivity index (χ1) is 24.1. The molecule has 3 rings (SSSR count). The molecule has 0 amide bonds. The summed E-state index contributed by atoms with van der Waals surface area (Å²) in [6.07, 6.45) is 14.0. The van der Waals surface area contributed by atoms with Crippen LogP contribution in [-0.4, -0.2) is 5.78 Å². The summed E-state index contributed by atoms with van der Waals surface area (Å²) < 4.78 is 19.8. The molecule has 294 valence electrons. The van der Waals surface area contributed by atoms with Gasteiger partial charge >= 0.3 is 0 Å². The molecule has 1 heterocycles. The van der Waals surface area contributed by atoms with Crippen molar-refractivity contribution in [3.8, 4) is 6.07 Å². The van der Waals surface area contributed by atoms with E-state index in [-0.39, 0.29) is 27.6 Å². The lowest BCUT2D eigenvalue weighted by molar-refractivity contribution is 0.0910. The number of hydrogen-bond donors (Lipinski definition) is 0. The van der Waals surface area contributed by atoms with Gasteiger partial charge in [0.15, 0.2) is 5.76 Å². The van der Waals surface area contributed by atoms with E-state index in [1.165, 1.54) is 57.1 Å². The molecule has 0 radical (unpaired) electrons. The van der Waals surface area contributed by atoms with Crippen LogP contribution in [-0.2, 0) is 0 Å². The normalized spacial score (nSPS) is 13.8. The van der Waals surface area contributed by atoms with E-state index in [0.29, 0.717) is 28.1 Å². The number of rotatable bonds is 9. The molecule has 3 nitrogen and oxygen atoms in total. The minimum atomic E-state index is -0.486. The van der Waals surface area contributed by atoms with Gasteiger partial charge in [-0.15, -0.1) is 6.58 Å². The number of furan rings is 1. The van der Waals surface area contributed by atoms with Gasteiger partial charge in [-0.2, -0.15) is 5.26 Å². The molecule has 0 unspecified atom stereocenters. The van der Waals surface area contributed by atoms with Crippen LogP contribution in [0.25, 0.3) is 11.1 Å². The molecule has 0 spiro atoms. The summed E-state index contributed by atoms with van der Waals surface area (Å²) in [4.78, 5) is 12.3. The zero-order valence-electron chi connectivity index (χ0n) is 36.0. The van der Waals surface area contributed by atoms with E-state index >= 15 is 0 Å². The highest BCUT2D eigenvalue weighted by Crippen LogP contribution is 2.41. The van der Waals surface area contributed by atoms with Crippen LogP contribution in [0.1, 0.15) is 189 Å². The minimum absolute atomic E-state index is 0.0313. The van der Waals surface area contributed by atoms with Crippen LogP contribution in [0.4, 0.5) is 4.39 Å². The van der Waals surface area contributed by atoms with Crippen LogP contribution in [0, 0.1) is 46.2 Å². The van der Waals surface area contributed by atoms with Gasteiger partial charge in [0.1, 0.15) is 11.6 Å². The molecule has 0 aliphatic heterocycles. The zero-order chi connectivity index (χ0) is 40.9. The van der Waals surface area contributed by atoms with Crippen LogP contribution in [0.2, 0.25) is 5.02 Å². The third-order valence-electron chi connectivity index (χ3n) is 8.53. The molecule has 0 atom stereocenters. The largest absolute Gasteiger partial charge is 0.453 e. The summed E-state index contributed by atoms with van der Waals surface area (Å²) in [6, 6.07) is 8.88. The number of aryl methyl sites for hydroxylation is 1. The Morgan fingerprint density at radius 1 is 1.00 bits per heavy atom. The Hall–Kier alpha value is -2.90. The number of halogens is 2. The monoisotopic (exact) mass is 740 g/mol. The van der Waals surface area contributed by atoms with Crippen molar-refractivity contribution in [2.75, 3.05) is 0 Å². The number of benzene rings is 1. The summed E-state index contributed by atoms with van der Waals surface area (Å²) >= 11 is 5.77. The molecule has 1 aromatic heterocycles. The fourth-order valence-electron chi connectivity index (χ4n) is 5.62. The second-order valence-corrected chi connectivity index (χ2v) is 16.9. The number of carbonyl (C=O) groups is 1. The Balaban J connectivity index is 0. The topological polar surface area (TPSA) is 54.0 Å². The lowest BCUT2D eigenvalue weighted by Crippen LogP contribution is -2.22. The van der Waals surface area contributed by atoms with E-state index < -0.39 is 5.82 Å². The van der Waals surface area contributed by atoms with Gasteiger partial charge in [-0.1, -0.05) is 158 Å². The number of hydrogen-bond acceptors (Lipinski definition) is 3. The van der Waals surface area contributed by atoms with Crippen molar-refractivity contribution in [3.05, 3.63) is 82.6 Å². The number of nitriles is 1. The molecule has 0 N–H and O–H groups in total. The van der Waals surface area contributed by atoms with Crippen molar-refractivity contribution in [1.82, 2.24) is 0 Å². The minimum Gasteiger partial charge on any atom is -0.453 e. The summed E-state index contributed by atoms with van der Waals surface area (Å²) in [5.74, 6) is 0.353. The van der Waals surface area contributed by atoms with Crippen LogP contribution >= 0.6 is 11.6 Å². The van der Waals surface area contributed by atoms with Gasteiger partial charge < -0.3 is 4.42 Å². The van der Waals surface area contributed by atoms with E-state index in [2.05, 4.69) is 81.5 Å². The third kappa shape index (κ3) is 19.8. The molecule has 2 aromatic rings. The van der Waals surface area contributed by atoms with Gasteiger partial charge in [-0.05, 0) is 91.3 Å². The Morgan fingerprint density at radius 2 is 1.54 bits per heavy atom. The Morgan fingerprint density at radius 3 is 1.90 bits per heavy atom. The summed E-state index contributed by atoms with van der Waals surface area (Å²) in [5.41, 5.74) is 4.44. The molecule has 5 heteroatoms. The van der Waals surface area contributed by atoms with Crippen LogP contribution < -0.4 is 0 Å². The highest BCUT2D eigenvalue weighted by Gasteiger charge is 2.31. The molecule has 1 fully saturated rings. The zero-order valence-corrected chi connectivity index (χ0v) is 36.7. The Bertz CT molecular complexity index is 1430. The quantitative estimate of drug-likeness (QED) is 0.146. The number of ketones is 1. The molecule has 1 saturated carbocycles. The number of carbonyl (C=O) groups excluding carboxylic acids is 1. The van der Waals surface area contributed by atoms with Gasteiger partial charge in [-0.3, -0.25) is 4.79 Å². The predicted molar refractivity (Wildman–Crippen MR) is 227 cm³/mol. The number of unbranched alkanes of at least 4 members (excludes halogenated alkanes) is 1. The van der Waals surface area contributed by atoms with Gasteiger partial charge in [0.05, 0.1) is 16.5 Å². The Kier molecular flexibility index (Phi) is 24.8. The highest BCUT2D eigenvalue weighted by molar-refractivity contribution is 6.30. The van der Waals surface area contributed by atoms with Gasteiger partial charge in [0.2, 0.25) is 5.78 Å². The molecule has 52 heavy (non-hydrogen) atoms. The van der Waals surface area contributed by atoms with Crippen molar-refractivity contribution in [3.63, 3.8) is 0 Å². The number of allylic oxidation sites excluding steroid dienone is 4. The average Bonchev–Trinajstić information content (AvgIpc) is 3.45. The maximum atomic E-state index is 13.8. The first-order valence-electron chi connectivity index (χ1n) is 19.6. The highest BCUT2D eigenvalue weighted by atomic mass is 35.5. The number of nitrogens with zero attached hydrogens (tertiary/aromatic N) is 1. The van der Waals surface area contributed by atoms with Crippen LogP contribution in [0.15, 0.2) is 53.5 Å². The molecule has 1 aliphatic carbocycles. The average molecular weight is 741 g/mol. The van der Waals surface area contributed by atoms with E-state index in [0.717, 1.165) is 36.0 Å².